The number of fused-ring (bicyclic) bond motifs is 2. The Morgan fingerprint density at radius 1 is 1.21 bits per heavy atom. The van der Waals surface area contributed by atoms with E-state index in [1.807, 2.05) is 44.2 Å². The van der Waals surface area contributed by atoms with Crippen molar-refractivity contribution in [3.05, 3.63) is 52.6 Å². The molecule has 24 heavy (non-hydrogen) atoms. The van der Waals surface area contributed by atoms with Crippen molar-refractivity contribution >= 4 is 33.2 Å². The van der Waals surface area contributed by atoms with E-state index in [9.17, 15) is 4.79 Å². The number of rotatable bonds is 3. The van der Waals surface area contributed by atoms with Crippen LogP contribution in [0.1, 0.15) is 27.0 Å². The monoisotopic (exact) mass is 338 g/mol. The van der Waals surface area contributed by atoms with E-state index >= 15 is 0 Å². The van der Waals surface area contributed by atoms with Gasteiger partial charge in [-0.1, -0.05) is 12.1 Å². The Bertz CT molecular complexity index is 1030. The van der Waals surface area contributed by atoms with Crippen molar-refractivity contribution in [2.75, 3.05) is 0 Å². The van der Waals surface area contributed by atoms with Gasteiger partial charge in [0.2, 0.25) is 5.82 Å². The Morgan fingerprint density at radius 2 is 2.04 bits per heavy atom. The lowest BCUT2D eigenvalue weighted by Crippen LogP contribution is -2.24. The van der Waals surface area contributed by atoms with Gasteiger partial charge in [0.25, 0.3) is 11.7 Å². The zero-order chi connectivity index (χ0) is 16.7. The van der Waals surface area contributed by atoms with Crippen LogP contribution >= 0.6 is 11.3 Å². The van der Waals surface area contributed by atoms with E-state index in [-0.39, 0.29) is 11.7 Å². The fourth-order valence-electron chi connectivity index (χ4n) is 2.49. The van der Waals surface area contributed by atoms with Gasteiger partial charge in [-0.25, -0.2) is 14.5 Å². The highest BCUT2D eigenvalue weighted by atomic mass is 32.1. The maximum Gasteiger partial charge on any atom is 0.291 e. The normalized spacial score (nSPS) is 11.2. The van der Waals surface area contributed by atoms with Crippen molar-refractivity contribution in [1.29, 1.82) is 0 Å². The Hall–Kier alpha value is -2.87. The molecule has 120 valence electrons. The summed E-state index contributed by atoms with van der Waals surface area (Å²) in [6.07, 6.45) is 0. The minimum Gasteiger partial charge on any atom is -0.343 e. The molecule has 0 saturated heterocycles. The van der Waals surface area contributed by atoms with E-state index < -0.39 is 0 Å². The van der Waals surface area contributed by atoms with Crippen LogP contribution in [-0.2, 0) is 6.54 Å². The largest absolute Gasteiger partial charge is 0.343 e. The lowest BCUT2D eigenvalue weighted by Gasteiger charge is -1.98. The summed E-state index contributed by atoms with van der Waals surface area (Å²) in [6, 6.07) is 9.78. The van der Waals surface area contributed by atoms with E-state index in [0.29, 0.717) is 12.3 Å². The van der Waals surface area contributed by atoms with Crippen LogP contribution in [0, 0.1) is 13.8 Å². The maximum absolute atomic E-state index is 12.3. The number of thiazole rings is 1. The molecule has 0 bridgehead atoms. The second-order valence-electron chi connectivity index (χ2n) is 5.44. The number of hydrogen-bond acceptors (Lipinski definition) is 6. The first-order valence-electron chi connectivity index (χ1n) is 7.44. The Labute approximate surface area is 141 Å². The first-order valence-corrected chi connectivity index (χ1v) is 8.25. The number of carbonyl (C=O) groups excluding carboxylic acids is 1. The van der Waals surface area contributed by atoms with Crippen LogP contribution < -0.4 is 5.32 Å². The summed E-state index contributed by atoms with van der Waals surface area (Å²) >= 11 is 1.56. The SMILES string of the molecule is Cc1cc(C)n2nc(C(=O)NCc3nc4ccccc4s3)nc2n1. The van der Waals surface area contributed by atoms with Crippen LogP contribution in [0.3, 0.4) is 0 Å². The molecule has 0 aliphatic heterocycles. The van der Waals surface area contributed by atoms with E-state index in [2.05, 4.69) is 25.4 Å². The number of aromatic nitrogens is 5. The van der Waals surface area contributed by atoms with Gasteiger partial charge in [-0.3, -0.25) is 4.79 Å². The summed E-state index contributed by atoms with van der Waals surface area (Å²) in [7, 11) is 0. The molecule has 0 aliphatic rings. The number of aryl methyl sites for hydroxylation is 2. The molecule has 1 N–H and O–H groups in total. The lowest BCUT2D eigenvalue weighted by atomic mass is 10.3. The summed E-state index contributed by atoms with van der Waals surface area (Å²) in [4.78, 5) is 25.3. The summed E-state index contributed by atoms with van der Waals surface area (Å²) < 4.78 is 2.67. The van der Waals surface area contributed by atoms with Crippen molar-refractivity contribution in [3.63, 3.8) is 0 Å². The summed E-state index contributed by atoms with van der Waals surface area (Å²) in [5, 5.41) is 7.88. The van der Waals surface area contributed by atoms with E-state index in [1.54, 1.807) is 15.9 Å². The predicted octanol–water partition coefficient (Wildman–Crippen LogP) is 2.28. The molecule has 7 nitrogen and oxygen atoms in total. The number of benzene rings is 1. The van der Waals surface area contributed by atoms with Crippen molar-refractivity contribution in [1.82, 2.24) is 29.9 Å². The van der Waals surface area contributed by atoms with Gasteiger partial charge < -0.3 is 5.32 Å². The quantitative estimate of drug-likeness (QED) is 0.619. The van der Waals surface area contributed by atoms with Crippen LogP contribution in [0.25, 0.3) is 16.0 Å². The average molecular weight is 338 g/mol. The molecular formula is C16H14N6OS. The third kappa shape index (κ3) is 2.61. The minimum atomic E-state index is -0.336. The molecule has 0 unspecified atom stereocenters. The van der Waals surface area contributed by atoms with Crippen molar-refractivity contribution in [3.8, 4) is 0 Å². The molecule has 4 rings (SSSR count). The van der Waals surface area contributed by atoms with Crippen molar-refractivity contribution in [2.45, 2.75) is 20.4 Å². The van der Waals surface area contributed by atoms with Crippen LogP contribution in [-0.4, -0.2) is 30.5 Å². The van der Waals surface area contributed by atoms with Gasteiger partial charge in [0, 0.05) is 11.4 Å². The van der Waals surface area contributed by atoms with Gasteiger partial charge in [-0.2, -0.15) is 4.98 Å². The molecule has 1 amide bonds. The lowest BCUT2D eigenvalue weighted by molar-refractivity contribution is 0.0940. The fraction of sp³-hybridized carbons (Fsp3) is 0.188. The number of amides is 1. The summed E-state index contributed by atoms with van der Waals surface area (Å²) in [5.74, 6) is 0.201. The van der Waals surface area contributed by atoms with Gasteiger partial charge in [0.05, 0.1) is 16.8 Å². The van der Waals surface area contributed by atoms with Crippen molar-refractivity contribution < 1.29 is 4.79 Å². The molecule has 0 fully saturated rings. The second-order valence-corrected chi connectivity index (χ2v) is 6.56. The third-order valence-corrected chi connectivity index (χ3v) is 4.60. The van der Waals surface area contributed by atoms with Gasteiger partial charge in [-0.05, 0) is 32.0 Å². The zero-order valence-corrected chi connectivity index (χ0v) is 14.0. The molecule has 0 aliphatic carbocycles. The Balaban J connectivity index is 1.54. The molecule has 1 aromatic carbocycles. The minimum absolute atomic E-state index is 0.109. The molecule has 0 spiro atoms. The van der Waals surface area contributed by atoms with Crippen molar-refractivity contribution in [2.24, 2.45) is 0 Å². The van der Waals surface area contributed by atoms with Crippen LogP contribution in [0.5, 0.6) is 0 Å². The molecule has 0 atom stereocenters. The zero-order valence-electron chi connectivity index (χ0n) is 13.1. The highest BCUT2D eigenvalue weighted by Crippen LogP contribution is 2.21. The first-order chi connectivity index (χ1) is 11.6. The standard InChI is InChI=1S/C16H14N6OS/c1-9-7-10(2)22-16(18-9)20-14(21-22)15(23)17-8-13-19-11-5-3-4-6-12(11)24-13/h3-7H,8H2,1-2H3,(H,17,23). The Morgan fingerprint density at radius 3 is 2.88 bits per heavy atom. The van der Waals surface area contributed by atoms with E-state index in [1.165, 1.54) is 0 Å². The summed E-state index contributed by atoms with van der Waals surface area (Å²) in [6.45, 7) is 4.13. The molecule has 3 heterocycles. The number of nitrogens with one attached hydrogen (secondary N) is 1. The molecule has 3 aromatic heterocycles. The maximum atomic E-state index is 12.3. The second kappa shape index (κ2) is 5.64. The van der Waals surface area contributed by atoms with Gasteiger partial charge in [0.15, 0.2) is 0 Å². The molecule has 0 saturated carbocycles. The molecule has 4 aromatic rings. The number of para-hydroxylation sites is 1. The Kier molecular flexibility index (Phi) is 3.46. The van der Waals surface area contributed by atoms with Gasteiger partial charge in [-0.15, -0.1) is 16.4 Å². The van der Waals surface area contributed by atoms with E-state index in [4.69, 9.17) is 0 Å². The van der Waals surface area contributed by atoms with Crippen LogP contribution in [0.15, 0.2) is 30.3 Å². The first kappa shape index (κ1) is 14.7. The number of hydrogen-bond donors (Lipinski definition) is 1. The molecular weight excluding hydrogens is 324 g/mol. The highest BCUT2D eigenvalue weighted by Gasteiger charge is 2.15. The molecule has 8 heteroatoms. The van der Waals surface area contributed by atoms with Crippen LogP contribution in [0.2, 0.25) is 0 Å². The summed E-state index contributed by atoms with van der Waals surface area (Å²) in [5.41, 5.74) is 2.66. The highest BCUT2D eigenvalue weighted by molar-refractivity contribution is 7.18. The van der Waals surface area contributed by atoms with Gasteiger partial charge >= 0.3 is 0 Å². The fourth-order valence-corrected chi connectivity index (χ4v) is 3.40. The average Bonchev–Trinajstić information content (AvgIpc) is 3.15. The molecule has 0 radical (unpaired) electrons. The third-order valence-electron chi connectivity index (χ3n) is 3.56. The predicted molar refractivity (Wildman–Crippen MR) is 91.0 cm³/mol. The van der Waals surface area contributed by atoms with Gasteiger partial charge in [0.1, 0.15) is 5.01 Å². The number of carbonyl (C=O) groups is 1. The topological polar surface area (TPSA) is 85.1 Å². The van der Waals surface area contributed by atoms with Crippen LogP contribution in [0.4, 0.5) is 0 Å². The smallest absolute Gasteiger partial charge is 0.291 e. The number of nitrogens with zero attached hydrogens (tertiary/aromatic N) is 5. The van der Waals surface area contributed by atoms with E-state index in [0.717, 1.165) is 26.6 Å².